The van der Waals surface area contributed by atoms with Crippen LogP contribution in [-0.4, -0.2) is 17.3 Å². The molecule has 1 fully saturated rings. The van der Waals surface area contributed by atoms with Gasteiger partial charge in [0.05, 0.1) is 17.1 Å². The maximum Gasteiger partial charge on any atom is 0.276 e. The van der Waals surface area contributed by atoms with Crippen LogP contribution in [0.2, 0.25) is 0 Å². The van der Waals surface area contributed by atoms with Crippen molar-refractivity contribution in [1.82, 2.24) is 0 Å². The molecule has 2 aromatic carbocycles. The van der Waals surface area contributed by atoms with Crippen molar-refractivity contribution in [1.29, 1.82) is 0 Å². The summed E-state index contributed by atoms with van der Waals surface area (Å²) < 4.78 is 5.34. The van der Waals surface area contributed by atoms with E-state index in [1.807, 2.05) is 6.07 Å². The number of nitro benzene ring substituents is 1. The average molecular weight is 269 g/mol. The van der Waals surface area contributed by atoms with Gasteiger partial charge in [0.2, 0.25) is 5.78 Å². The van der Waals surface area contributed by atoms with Crippen molar-refractivity contribution in [3.63, 3.8) is 0 Å². The van der Waals surface area contributed by atoms with Gasteiger partial charge in [0.25, 0.3) is 5.69 Å². The van der Waals surface area contributed by atoms with E-state index in [0.29, 0.717) is 11.1 Å². The number of hydrogen-bond donors (Lipinski definition) is 0. The van der Waals surface area contributed by atoms with Crippen molar-refractivity contribution < 1.29 is 14.5 Å². The number of nitrogens with zero attached hydrogens (tertiary/aromatic N) is 1. The van der Waals surface area contributed by atoms with Gasteiger partial charge in [-0.15, -0.1) is 0 Å². The fourth-order valence-electron chi connectivity index (χ4n) is 2.28. The Hall–Kier alpha value is -2.53. The second-order valence-corrected chi connectivity index (χ2v) is 4.59. The summed E-state index contributed by atoms with van der Waals surface area (Å²) in [7, 11) is 0. The fourth-order valence-corrected chi connectivity index (χ4v) is 2.28. The van der Waals surface area contributed by atoms with Crippen LogP contribution in [0.1, 0.15) is 15.9 Å². The molecule has 1 saturated heterocycles. The van der Waals surface area contributed by atoms with E-state index in [0.717, 1.165) is 0 Å². The van der Waals surface area contributed by atoms with Crippen molar-refractivity contribution >= 4 is 11.5 Å². The third-order valence-corrected chi connectivity index (χ3v) is 3.37. The highest BCUT2D eigenvalue weighted by Crippen LogP contribution is 2.45. The Morgan fingerprint density at radius 2 is 1.70 bits per heavy atom. The molecule has 1 heterocycles. The van der Waals surface area contributed by atoms with Crippen LogP contribution in [0, 0.1) is 10.1 Å². The molecule has 0 aromatic heterocycles. The zero-order valence-corrected chi connectivity index (χ0v) is 10.5. The van der Waals surface area contributed by atoms with Gasteiger partial charge < -0.3 is 4.74 Å². The maximum absolute atomic E-state index is 12.6. The Bertz CT molecular complexity index is 677. The van der Waals surface area contributed by atoms with Crippen LogP contribution < -0.4 is 0 Å². The van der Waals surface area contributed by atoms with Crippen molar-refractivity contribution in [2.75, 3.05) is 6.61 Å². The van der Waals surface area contributed by atoms with E-state index in [2.05, 4.69) is 0 Å². The van der Waals surface area contributed by atoms with Crippen molar-refractivity contribution in [2.24, 2.45) is 0 Å². The number of Topliss-reactive ketones (excluding diaryl/α,β-unsaturated/α-hetero) is 1. The van der Waals surface area contributed by atoms with Crippen molar-refractivity contribution in [2.45, 2.75) is 5.60 Å². The summed E-state index contributed by atoms with van der Waals surface area (Å²) in [4.78, 5) is 23.2. The Morgan fingerprint density at radius 1 is 1.10 bits per heavy atom. The largest absolute Gasteiger partial charge is 0.355 e. The minimum atomic E-state index is -1.20. The number of epoxide rings is 1. The Balaban J connectivity index is 2.06. The second kappa shape index (κ2) is 4.54. The first kappa shape index (κ1) is 12.5. The van der Waals surface area contributed by atoms with E-state index in [1.165, 1.54) is 6.07 Å². The molecule has 1 aliphatic heterocycles. The van der Waals surface area contributed by atoms with Gasteiger partial charge in [-0.25, -0.2) is 0 Å². The molecular formula is C15H11NO4. The molecule has 3 rings (SSSR count). The van der Waals surface area contributed by atoms with Gasteiger partial charge in [0.15, 0.2) is 5.60 Å². The highest BCUT2D eigenvalue weighted by molar-refractivity contribution is 6.05. The Morgan fingerprint density at radius 3 is 2.30 bits per heavy atom. The molecule has 0 aliphatic carbocycles. The van der Waals surface area contributed by atoms with Crippen LogP contribution in [0.3, 0.4) is 0 Å². The summed E-state index contributed by atoms with van der Waals surface area (Å²) in [6.45, 7) is 0.172. The van der Waals surface area contributed by atoms with Crippen LogP contribution in [0.4, 0.5) is 5.69 Å². The number of carbonyl (C=O) groups excluding carboxylic acids is 1. The van der Waals surface area contributed by atoms with Crippen LogP contribution >= 0.6 is 0 Å². The molecule has 0 radical (unpaired) electrons. The standard InChI is InChI=1S/C15H11NO4/c17-14(11-6-2-1-3-7-11)15(10-20-15)12-8-4-5-9-13(12)16(18)19/h1-9H,10H2/t15-/m1/s1. The first-order valence-corrected chi connectivity index (χ1v) is 6.13. The number of benzene rings is 2. The molecule has 0 bridgehead atoms. The van der Waals surface area contributed by atoms with Crippen LogP contribution in [0.15, 0.2) is 54.6 Å². The van der Waals surface area contributed by atoms with E-state index in [9.17, 15) is 14.9 Å². The second-order valence-electron chi connectivity index (χ2n) is 4.59. The average Bonchev–Trinajstić information content (AvgIpc) is 3.29. The van der Waals surface area contributed by atoms with Gasteiger partial charge in [-0.05, 0) is 6.07 Å². The number of para-hydroxylation sites is 1. The molecule has 0 spiro atoms. The van der Waals surface area contributed by atoms with Gasteiger partial charge in [0, 0.05) is 11.6 Å². The molecule has 0 unspecified atom stereocenters. The van der Waals surface area contributed by atoms with E-state index >= 15 is 0 Å². The molecule has 0 N–H and O–H groups in total. The lowest BCUT2D eigenvalue weighted by atomic mass is 9.90. The van der Waals surface area contributed by atoms with Gasteiger partial charge >= 0.3 is 0 Å². The number of ketones is 1. The van der Waals surface area contributed by atoms with E-state index < -0.39 is 10.5 Å². The number of nitro groups is 1. The molecule has 2 aromatic rings. The predicted molar refractivity (Wildman–Crippen MR) is 71.5 cm³/mol. The van der Waals surface area contributed by atoms with E-state index in [1.54, 1.807) is 42.5 Å². The molecule has 1 atom stereocenters. The first-order valence-electron chi connectivity index (χ1n) is 6.13. The summed E-state index contributed by atoms with van der Waals surface area (Å²) >= 11 is 0. The lowest BCUT2D eigenvalue weighted by Crippen LogP contribution is -2.23. The highest BCUT2D eigenvalue weighted by atomic mass is 16.6. The van der Waals surface area contributed by atoms with Crippen LogP contribution in [-0.2, 0) is 10.3 Å². The number of carbonyl (C=O) groups is 1. The van der Waals surface area contributed by atoms with Crippen LogP contribution in [0.25, 0.3) is 0 Å². The summed E-state index contributed by atoms with van der Waals surface area (Å²) in [6.07, 6.45) is 0. The van der Waals surface area contributed by atoms with Gasteiger partial charge in [-0.3, -0.25) is 14.9 Å². The van der Waals surface area contributed by atoms with Gasteiger partial charge in [-0.2, -0.15) is 0 Å². The third kappa shape index (κ3) is 1.88. The lowest BCUT2D eigenvalue weighted by molar-refractivity contribution is -0.385. The summed E-state index contributed by atoms with van der Waals surface area (Å²) in [5.74, 6) is -0.243. The zero-order chi connectivity index (χ0) is 14.2. The normalized spacial score (nSPS) is 20.4. The predicted octanol–water partition coefficient (Wildman–Crippen LogP) is 2.70. The molecular weight excluding hydrogens is 258 g/mol. The molecule has 1 aliphatic rings. The van der Waals surface area contributed by atoms with Crippen molar-refractivity contribution in [3.8, 4) is 0 Å². The molecule has 5 nitrogen and oxygen atoms in total. The van der Waals surface area contributed by atoms with Gasteiger partial charge in [0.1, 0.15) is 0 Å². The van der Waals surface area contributed by atoms with E-state index in [-0.39, 0.29) is 18.1 Å². The Labute approximate surface area is 115 Å². The topological polar surface area (TPSA) is 72.7 Å². The zero-order valence-electron chi connectivity index (χ0n) is 10.5. The van der Waals surface area contributed by atoms with Crippen molar-refractivity contribution in [3.05, 3.63) is 75.8 Å². The third-order valence-electron chi connectivity index (χ3n) is 3.37. The summed E-state index contributed by atoms with van der Waals surface area (Å²) in [5.41, 5.74) is -0.485. The highest BCUT2D eigenvalue weighted by Gasteiger charge is 2.56. The minimum absolute atomic E-state index is 0.0886. The Kier molecular flexibility index (Phi) is 2.84. The SMILES string of the molecule is O=C(c1ccccc1)[C@]1(c2ccccc2[N+](=O)[O-])CO1. The van der Waals surface area contributed by atoms with Gasteiger partial charge in [-0.1, -0.05) is 42.5 Å². The molecule has 0 amide bonds. The quantitative estimate of drug-likeness (QED) is 0.370. The molecule has 20 heavy (non-hydrogen) atoms. The maximum atomic E-state index is 12.6. The summed E-state index contributed by atoms with van der Waals surface area (Å²) in [6, 6.07) is 14.9. The first-order chi connectivity index (χ1) is 9.65. The number of hydrogen-bond acceptors (Lipinski definition) is 4. The minimum Gasteiger partial charge on any atom is -0.355 e. The smallest absolute Gasteiger partial charge is 0.276 e. The lowest BCUT2D eigenvalue weighted by Gasteiger charge is -2.11. The number of ether oxygens (including phenoxy) is 1. The summed E-state index contributed by atoms with van der Waals surface area (Å²) in [5, 5.41) is 11.1. The van der Waals surface area contributed by atoms with E-state index in [4.69, 9.17) is 4.74 Å². The van der Waals surface area contributed by atoms with Crippen LogP contribution in [0.5, 0.6) is 0 Å². The molecule has 100 valence electrons. The number of rotatable bonds is 4. The molecule has 5 heteroatoms. The monoisotopic (exact) mass is 269 g/mol. The fraction of sp³-hybridized carbons (Fsp3) is 0.133. The molecule has 0 saturated carbocycles.